The third-order valence-electron chi connectivity index (χ3n) is 2.14. The molecule has 0 amide bonds. The van der Waals surface area contributed by atoms with E-state index in [2.05, 4.69) is 34.7 Å². The highest BCUT2D eigenvalue weighted by Crippen LogP contribution is 2.03. The molecule has 0 N–H and O–H groups in total. The third kappa shape index (κ3) is 5.12. The molecule has 0 saturated carbocycles. The largest absolute Gasteiger partial charge is 0.385 e. The Balaban J connectivity index is 3.60. The lowest BCUT2D eigenvalue weighted by atomic mass is 10.2. The highest BCUT2D eigenvalue weighted by atomic mass is 79.9. The van der Waals surface area contributed by atoms with Gasteiger partial charge in [0, 0.05) is 31.6 Å². The van der Waals surface area contributed by atoms with Crippen LogP contribution in [0.2, 0.25) is 0 Å². The molecule has 0 rings (SSSR count). The van der Waals surface area contributed by atoms with Crippen LogP contribution < -0.4 is 0 Å². The van der Waals surface area contributed by atoms with Gasteiger partial charge >= 0.3 is 0 Å². The van der Waals surface area contributed by atoms with Crippen LogP contribution in [-0.2, 0) is 4.74 Å². The normalized spacial score (nSPS) is 13.8. The van der Waals surface area contributed by atoms with Crippen molar-refractivity contribution in [2.45, 2.75) is 26.3 Å². The average molecular weight is 238 g/mol. The molecular weight excluding hydrogens is 218 g/mol. The van der Waals surface area contributed by atoms with Crippen molar-refractivity contribution < 1.29 is 4.74 Å². The SMILES string of the molecule is CCN(CCBr)C(C)CCOC. The van der Waals surface area contributed by atoms with E-state index in [9.17, 15) is 0 Å². The molecule has 0 spiro atoms. The van der Waals surface area contributed by atoms with Crippen molar-refractivity contribution in [1.29, 1.82) is 0 Å². The Bertz CT molecular complexity index is 101. The second-order valence-electron chi connectivity index (χ2n) is 2.95. The fourth-order valence-corrected chi connectivity index (χ4v) is 1.73. The molecule has 74 valence electrons. The van der Waals surface area contributed by atoms with E-state index in [-0.39, 0.29) is 0 Å². The molecule has 0 aliphatic rings. The molecule has 12 heavy (non-hydrogen) atoms. The van der Waals surface area contributed by atoms with Crippen LogP contribution in [0.1, 0.15) is 20.3 Å². The monoisotopic (exact) mass is 237 g/mol. The van der Waals surface area contributed by atoms with Gasteiger partial charge in [-0.1, -0.05) is 22.9 Å². The summed E-state index contributed by atoms with van der Waals surface area (Å²) in [5, 5.41) is 1.05. The van der Waals surface area contributed by atoms with Crippen LogP contribution >= 0.6 is 15.9 Å². The predicted octanol–water partition coefficient (Wildman–Crippen LogP) is 2.13. The second-order valence-corrected chi connectivity index (χ2v) is 3.74. The van der Waals surface area contributed by atoms with E-state index in [1.807, 2.05) is 0 Å². The van der Waals surface area contributed by atoms with Crippen LogP contribution in [0.4, 0.5) is 0 Å². The second kappa shape index (κ2) is 8.02. The quantitative estimate of drug-likeness (QED) is 0.630. The molecule has 0 aliphatic heterocycles. The number of nitrogens with zero attached hydrogens (tertiary/aromatic N) is 1. The van der Waals surface area contributed by atoms with Crippen LogP contribution in [0, 0.1) is 0 Å². The lowest BCUT2D eigenvalue weighted by Crippen LogP contribution is -2.35. The van der Waals surface area contributed by atoms with Crippen LogP contribution in [0.5, 0.6) is 0 Å². The molecule has 0 radical (unpaired) electrons. The lowest BCUT2D eigenvalue weighted by molar-refractivity contribution is 0.146. The van der Waals surface area contributed by atoms with E-state index in [0.29, 0.717) is 6.04 Å². The van der Waals surface area contributed by atoms with Crippen LogP contribution in [0.3, 0.4) is 0 Å². The molecule has 3 heteroatoms. The maximum absolute atomic E-state index is 5.05. The molecule has 0 saturated heterocycles. The minimum absolute atomic E-state index is 0.632. The molecule has 0 aromatic heterocycles. The molecule has 1 unspecified atom stereocenters. The van der Waals surface area contributed by atoms with Crippen LogP contribution in [-0.4, -0.2) is 43.1 Å². The van der Waals surface area contributed by atoms with E-state index < -0.39 is 0 Å². The van der Waals surface area contributed by atoms with Crippen molar-refractivity contribution in [2.24, 2.45) is 0 Å². The number of rotatable bonds is 7. The van der Waals surface area contributed by atoms with Crippen molar-refractivity contribution in [1.82, 2.24) is 4.90 Å². The zero-order chi connectivity index (χ0) is 9.40. The van der Waals surface area contributed by atoms with Crippen molar-refractivity contribution in [2.75, 3.05) is 32.1 Å². The smallest absolute Gasteiger partial charge is 0.0477 e. The van der Waals surface area contributed by atoms with Crippen molar-refractivity contribution in [3.63, 3.8) is 0 Å². The molecule has 0 heterocycles. The Morgan fingerprint density at radius 1 is 1.50 bits per heavy atom. The summed E-state index contributed by atoms with van der Waals surface area (Å²) in [6.07, 6.45) is 1.12. The van der Waals surface area contributed by atoms with Gasteiger partial charge in [0.05, 0.1) is 0 Å². The number of ether oxygens (including phenoxy) is 1. The van der Waals surface area contributed by atoms with Gasteiger partial charge in [-0.15, -0.1) is 0 Å². The number of methoxy groups -OCH3 is 1. The summed E-state index contributed by atoms with van der Waals surface area (Å²) in [6.45, 7) is 7.56. The van der Waals surface area contributed by atoms with Crippen LogP contribution in [0.25, 0.3) is 0 Å². The van der Waals surface area contributed by atoms with Gasteiger partial charge < -0.3 is 9.64 Å². The molecule has 0 bridgehead atoms. The average Bonchev–Trinajstić information content (AvgIpc) is 2.10. The van der Waals surface area contributed by atoms with Gasteiger partial charge in [0.25, 0.3) is 0 Å². The first-order valence-electron chi connectivity index (χ1n) is 4.55. The zero-order valence-corrected chi connectivity index (χ0v) is 9.93. The van der Waals surface area contributed by atoms with E-state index in [0.717, 1.165) is 31.4 Å². The van der Waals surface area contributed by atoms with Crippen molar-refractivity contribution in [3.05, 3.63) is 0 Å². The minimum Gasteiger partial charge on any atom is -0.385 e. The van der Waals surface area contributed by atoms with E-state index in [1.54, 1.807) is 7.11 Å². The summed E-state index contributed by atoms with van der Waals surface area (Å²) in [5.41, 5.74) is 0. The Kier molecular flexibility index (Phi) is 8.29. The number of halogens is 1. The van der Waals surface area contributed by atoms with Crippen LogP contribution in [0.15, 0.2) is 0 Å². The summed E-state index contributed by atoms with van der Waals surface area (Å²) in [4.78, 5) is 2.45. The Labute approximate surface area is 84.4 Å². The summed E-state index contributed by atoms with van der Waals surface area (Å²) in [7, 11) is 1.76. The van der Waals surface area contributed by atoms with Gasteiger partial charge in [0.15, 0.2) is 0 Å². The van der Waals surface area contributed by atoms with Gasteiger partial charge in [-0.05, 0) is 19.9 Å². The van der Waals surface area contributed by atoms with Gasteiger partial charge in [0.1, 0.15) is 0 Å². The number of hydrogen-bond donors (Lipinski definition) is 0. The first kappa shape index (κ1) is 12.4. The predicted molar refractivity (Wildman–Crippen MR) is 57.0 cm³/mol. The van der Waals surface area contributed by atoms with Gasteiger partial charge in [-0.3, -0.25) is 0 Å². The van der Waals surface area contributed by atoms with Crippen molar-refractivity contribution >= 4 is 15.9 Å². The highest BCUT2D eigenvalue weighted by Gasteiger charge is 2.09. The number of alkyl halides is 1. The fraction of sp³-hybridized carbons (Fsp3) is 1.00. The summed E-state index contributed by atoms with van der Waals surface area (Å²) in [6, 6.07) is 0.632. The molecular formula is C9H20BrNO. The first-order valence-corrected chi connectivity index (χ1v) is 5.67. The fourth-order valence-electron chi connectivity index (χ4n) is 1.27. The Hall–Kier alpha value is 0.400. The van der Waals surface area contributed by atoms with E-state index >= 15 is 0 Å². The first-order chi connectivity index (χ1) is 5.76. The van der Waals surface area contributed by atoms with E-state index in [1.165, 1.54) is 0 Å². The molecule has 1 atom stereocenters. The summed E-state index contributed by atoms with van der Waals surface area (Å²) < 4.78 is 5.05. The maximum Gasteiger partial charge on any atom is 0.0477 e. The number of hydrogen-bond acceptors (Lipinski definition) is 2. The standard InChI is InChI=1S/C9H20BrNO/c1-4-11(7-6-10)9(2)5-8-12-3/h9H,4-8H2,1-3H3. The Morgan fingerprint density at radius 2 is 2.17 bits per heavy atom. The Morgan fingerprint density at radius 3 is 2.58 bits per heavy atom. The molecule has 0 fully saturated rings. The highest BCUT2D eigenvalue weighted by molar-refractivity contribution is 9.09. The molecule has 2 nitrogen and oxygen atoms in total. The molecule has 0 aromatic rings. The third-order valence-corrected chi connectivity index (χ3v) is 2.50. The van der Waals surface area contributed by atoms with E-state index in [4.69, 9.17) is 4.74 Å². The van der Waals surface area contributed by atoms with Crippen molar-refractivity contribution in [3.8, 4) is 0 Å². The van der Waals surface area contributed by atoms with Gasteiger partial charge in [0.2, 0.25) is 0 Å². The van der Waals surface area contributed by atoms with Gasteiger partial charge in [-0.25, -0.2) is 0 Å². The summed E-state index contributed by atoms with van der Waals surface area (Å²) in [5.74, 6) is 0. The van der Waals surface area contributed by atoms with Gasteiger partial charge in [-0.2, -0.15) is 0 Å². The lowest BCUT2D eigenvalue weighted by Gasteiger charge is -2.26. The molecule has 0 aromatic carbocycles. The molecule has 0 aliphatic carbocycles. The zero-order valence-electron chi connectivity index (χ0n) is 8.35. The maximum atomic E-state index is 5.05. The topological polar surface area (TPSA) is 12.5 Å². The summed E-state index contributed by atoms with van der Waals surface area (Å²) >= 11 is 3.45. The minimum atomic E-state index is 0.632.